The fourth-order valence-electron chi connectivity index (χ4n) is 3.10. The van der Waals surface area contributed by atoms with E-state index in [0.717, 1.165) is 11.8 Å². The lowest BCUT2D eigenvalue weighted by Gasteiger charge is -2.30. The Morgan fingerprint density at radius 2 is 2.07 bits per heavy atom. The monoisotopic (exact) mass is 423 g/mol. The molecule has 0 aliphatic heterocycles. The molecule has 10 nitrogen and oxygen atoms in total. The van der Waals surface area contributed by atoms with Crippen molar-refractivity contribution in [2.75, 3.05) is 12.0 Å². The Labute approximate surface area is 172 Å². The fraction of sp³-hybridized carbons (Fsp3) is 0.444. The topological polar surface area (TPSA) is 132 Å². The minimum Gasteiger partial charge on any atom is -0.496 e. The van der Waals surface area contributed by atoms with Crippen molar-refractivity contribution in [2.24, 2.45) is 0 Å². The molecule has 0 aliphatic carbocycles. The molecular formula is C18H22ClN5O5. The van der Waals surface area contributed by atoms with E-state index < -0.39 is 22.6 Å². The number of aryl methyl sites for hydroxylation is 1. The summed E-state index contributed by atoms with van der Waals surface area (Å²) in [6.07, 6.45) is 3.37. The first kappa shape index (κ1) is 22.3. The molecule has 2 heterocycles. The van der Waals surface area contributed by atoms with E-state index in [9.17, 15) is 20.0 Å². The van der Waals surface area contributed by atoms with E-state index >= 15 is 0 Å². The SMILES string of the molecule is CCC[C@@H](C(=O)O)N(Cc1ncc(C)c(OC)c1C)c1nc(Cl)ncc1[N+](=O)[O-]. The number of aromatic nitrogens is 3. The van der Waals surface area contributed by atoms with Gasteiger partial charge in [-0.25, -0.2) is 9.78 Å². The lowest BCUT2D eigenvalue weighted by Crippen LogP contribution is -2.42. The number of methoxy groups -OCH3 is 1. The van der Waals surface area contributed by atoms with E-state index in [1.165, 1.54) is 12.0 Å². The van der Waals surface area contributed by atoms with E-state index in [4.69, 9.17) is 16.3 Å². The molecule has 0 saturated heterocycles. The van der Waals surface area contributed by atoms with Gasteiger partial charge >= 0.3 is 11.7 Å². The Hall–Kier alpha value is -3.01. The first-order chi connectivity index (χ1) is 13.7. The number of hydrogen-bond acceptors (Lipinski definition) is 8. The Balaban J connectivity index is 2.66. The molecule has 2 aromatic heterocycles. The predicted octanol–water partition coefficient (Wildman–Crippen LogP) is 3.32. The lowest BCUT2D eigenvalue weighted by atomic mass is 10.1. The summed E-state index contributed by atoms with van der Waals surface area (Å²) in [7, 11) is 1.53. The van der Waals surface area contributed by atoms with E-state index in [1.807, 2.05) is 13.8 Å². The van der Waals surface area contributed by atoms with Crippen molar-refractivity contribution in [3.63, 3.8) is 0 Å². The average molecular weight is 424 g/mol. The summed E-state index contributed by atoms with van der Waals surface area (Å²) in [5, 5.41) is 21.1. The molecule has 2 rings (SSSR count). The third-order valence-electron chi connectivity index (χ3n) is 4.48. The lowest BCUT2D eigenvalue weighted by molar-refractivity contribution is -0.384. The van der Waals surface area contributed by atoms with E-state index in [1.54, 1.807) is 13.1 Å². The minimum absolute atomic E-state index is 0.0341. The highest BCUT2D eigenvalue weighted by Crippen LogP contribution is 2.32. The van der Waals surface area contributed by atoms with Crippen molar-refractivity contribution in [1.29, 1.82) is 0 Å². The third kappa shape index (κ3) is 4.89. The maximum absolute atomic E-state index is 12.0. The second-order valence-corrected chi connectivity index (χ2v) is 6.76. The maximum Gasteiger partial charge on any atom is 0.329 e. The molecule has 11 heteroatoms. The largest absolute Gasteiger partial charge is 0.496 e. The van der Waals surface area contributed by atoms with Crippen LogP contribution in [0.1, 0.15) is 36.6 Å². The number of carbonyl (C=O) groups is 1. The van der Waals surface area contributed by atoms with E-state index in [0.29, 0.717) is 23.4 Å². The van der Waals surface area contributed by atoms with Gasteiger partial charge in [0.05, 0.1) is 24.3 Å². The van der Waals surface area contributed by atoms with Crippen LogP contribution in [-0.2, 0) is 11.3 Å². The normalized spacial score (nSPS) is 11.8. The maximum atomic E-state index is 12.0. The standard InChI is InChI=1S/C18H22ClN5O5/c1-5-6-13(17(25)26)23(16-14(24(27)28)8-21-18(19)22-16)9-12-11(3)15(29-4)10(2)7-20-12/h7-8,13H,5-6,9H2,1-4H3,(H,25,26)/t13-/m0/s1. The van der Waals surface area contributed by atoms with E-state index in [2.05, 4.69) is 15.0 Å². The zero-order valence-corrected chi connectivity index (χ0v) is 17.3. The van der Waals surface area contributed by atoms with Crippen molar-refractivity contribution >= 4 is 29.1 Å². The van der Waals surface area contributed by atoms with Gasteiger partial charge in [-0.05, 0) is 31.9 Å². The molecule has 0 spiro atoms. The van der Waals surface area contributed by atoms with E-state index in [-0.39, 0.29) is 24.1 Å². The Kier molecular flexibility index (Phi) is 7.27. The molecule has 2 aromatic rings. The molecular weight excluding hydrogens is 402 g/mol. The molecule has 0 bridgehead atoms. The summed E-state index contributed by atoms with van der Waals surface area (Å²) >= 11 is 5.88. The van der Waals surface area contributed by atoms with Crippen molar-refractivity contribution < 1.29 is 19.6 Å². The number of pyridine rings is 1. The van der Waals surface area contributed by atoms with Gasteiger partial charge in [-0.3, -0.25) is 15.1 Å². The molecule has 0 unspecified atom stereocenters. The van der Waals surface area contributed by atoms with Crippen LogP contribution >= 0.6 is 11.6 Å². The Morgan fingerprint density at radius 1 is 1.38 bits per heavy atom. The van der Waals surface area contributed by atoms with Crippen molar-refractivity contribution in [2.45, 2.75) is 46.2 Å². The number of carboxylic acid groups (broad SMARTS) is 1. The van der Waals surface area contributed by atoms with Crippen molar-refractivity contribution in [3.8, 4) is 5.75 Å². The molecule has 1 atom stereocenters. The second-order valence-electron chi connectivity index (χ2n) is 6.42. The highest BCUT2D eigenvalue weighted by Gasteiger charge is 2.33. The van der Waals surface area contributed by atoms with Gasteiger partial charge in [0.15, 0.2) is 0 Å². The second kappa shape index (κ2) is 9.46. The van der Waals surface area contributed by atoms with Crippen LogP contribution in [0.3, 0.4) is 0 Å². The number of carboxylic acids is 1. The van der Waals surface area contributed by atoms with Crippen LogP contribution in [0, 0.1) is 24.0 Å². The highest BCUT2D eigenvalue weighted by atomic mass is 35.5. The van der Waals surface area contributed by atoms with Crippen LogP contribution in [0.2, 0.25) is 5.28 Å². The molecule has 156 valence electrons. The molecule has 0 fully saturated rings. The van der Waals surface area contributed by atoms with Gasteiger partial charge in [0.2, 0.25) is 11.1 Å². The molecule has 0 amide bonds. The summed E-state index contributed by atoms with van der Waals surface area (Å²) in [5.41, 5.74) is 1.60. The zero-order valence-electron chi connectivity index (χ0n) is 16.5. The zero-order chi connectivity index (χ0) is 21.7. The number of nitro groups is 1. The number of ether oxygens (including phenoxy) is 1. The number of aliphatic carboxylic acids is 1. The van der Waals surface area contributed by atoms with Gasteiger partial charge in [0, 0.05) is 17.3 Å². The molecule has 29 heavy (non-hydrogen) atoms. The van der Waals surface area contributed by atoms with Crippen LogP contribution in [0.4, 0.5) is 11.5 Å². The number of halogens is 1. The quantitative estimate of drug-likeness (QED) is 0.366. The van der Waals surface area contributed by atoms with Gasteiger partial charge in [-0.1, -0.05) is 13.3 Å². The average Bonchev–Trinajstić information content (AvgIpc) is 2.66. The number of rotatable bonds is 9. The van der Waals surface area contributed by atoms with Crippen LogP contribution in [-0.4, -0.2) is 44.1 Å². The van der Waals surface area contributed by atoms with Crippen molar-refractivity contribution in [3.05, 3.63) is 44.6 Å². The van der Waals surface area contributed by atoms with Gasteiger partial charge in [0.1, 0.15) is 18.0 Å². The van der Waals surface area contributed by atoms with Gasteiger partial charge < -0.3 is 14.7 Å². The molecule has 0 saturated carbocycles. The first-order valence-electron chi connectivity index (χ1n) is 8.86. The number of nitrogens with zero attached hydrogens (tertiary/aromatic N) is 5. The van der Waals surface area contributed by atoms with Crippen LogP contribution in [0.5, 0.6) is 5.75 Å². The molecule has 0 aliphatic rings. The number of hydrogen-bond donors (Lipinski definition) is 1. The van der Waals surface area contributed by atoms with Crippen LogP contribution in [0.25, 0.3) is 0 Å². The van der Waals surface area contributed by atoms with Crippen LogP contribution < -0.4 is 9.64 Å². The highest BCUT2D eigenvalue weighted by molar-refractivity contribution is 6.28. The summed E-state index contributed by atoms with van der Waals surface area (Å²) in [6, 6.07) is -1.07. The van der Waals surface area contributed by atoms with Crippen molar-refractivity contribution in [1.82, 2.24) is 15.0 Å². The Morgan fingerprint density at radius 3 is 2.62 bits per heavy atom. The van der Waals surface area contributed by atoms with Gasteiger partial charge in [-0.2, -0.15) is 4.98 Å². The summed E-state index contributed by atoms with van der Waals surface area (Å²) < 4.78 is 5.41. The van der Waals surface area contributed by atoms with Crippen LogP contribution in [0.15, 0.2) is 12.4 Å². The Bertz CT molecular complexity index is 924. The van der Waals surface area contributed by atoms with Gasteiger partial charge in [-0.15, -0.1) is 0 Å². The molecule has 0 aromatic carbocycles. The first-order valence-corrected chi connectivity index (χ1v) is 9.24. The minimum atomic E-state index is -1.13. The summed E-state index contributed by atoms with van der Waals surface area (Å²) in [6.45, 7) is 5.43. The predicted molar refractivity (Wildman–Crippen MR) is 106 cm³/mol. The third-order valence-corrected chi connectivity index (χ3v) is 4.66. The smallest absolute Gasteiger partial charge is 0.329 e. The molecule has 0 radical (unpaired) electrons. The number of anilines is 1. The molecule has 1 N–H and O–H groups in total. The van der Waals surface area contributed by atoms with Gasteiger partial charge in [0.25, 0.3) is 0 Å². The summed E-state index contributed by atoms with van der Waals surface area (Å²) in [5.74, 6) is -0.684. The summed E-state index contributed by atoms with van der Waals surface area (Å²) in [4.78, 5) is 36.2. The fourth-order valence-corrected chi connectivity index (χ4v) is 3.23.